The van der Waals surface area contributed by atoms with Gasteiger partial charge in [-0.3, -0.25) is 4.79 Å². The molecule has 0 radical (unpaired) electrons. The van der Waals surface area contributed by atoms with Crippen molar-refractivity contribution < 1.29 is 4.79 Å². The number of hydrogen-bond acceptors (Lipinski definition) is 2. The summed E-state index contributed by atoms with van der Waals surface area (Å²) in [5.41, 5.74) is 5.08. The highest BCUT2D eigenvalue weighted by Crippen LogP contribution is 2.23. The standard InChI is InChI=1S/C25H21Cl2N3O/c1-17-7-11-21(12-8-17)30-24(16-23(29-30)19-5-3-2-4-6-19)25(31)28-14-13-18-9-10-20(26)15-22(18)27/h2-12,15-16H,13-14H2,1H3,(H,28,31). The SMILES string of the molecule is Cc1ccc(-n2nc(-c3ccccc3)cc2C(=O)NCCc2ccc(Cl)cc2Cl)cc1. The molecule has 31 heavy (non-hydrogen) atoms. The predicted molar refractivity (Wildman–Crippen MR) is 126 cm³/mol. The molecule has 1 N–H and O–H groups in total. The van der Waals surface area contributed by atoms with E-state index in [2.05, 4.69) is 5.32 Å². The van der Waals surface area contributed by atoms with E-state index < -0.39 is 0 Å². The number of rotatable bonds is 6. The number of carbonyl (C=O) groups is 1. The fraction of sp³-hybridized carbons (Fsp3) is 0.120. The van der Waals surface area contributed by atoms with Crippen molar-refractivity contribution in [3.05, 3.63) is 106 Å². The first-order chi connectivity index (χ1) is 15.0. The maximum Gasteiger partial charge on any atom is 0.270 e. The molecule has 0 aliphatic carbocycles. The van der Waals surface area contributed by atoms with Crippen molar-refractivity contribution >= 4 is 29.1 Å². The summed E-state index contributed by atoms with van der Waals surface area (Å²) in [5, 5.41) is 8.88. The molecule has 0 fully saturated rings. The molecule has 156 valence electrons. The van der Waals surface area contributed by atoms with Crippen molar-refractivity contribution in [3.8, 4) is 16.9 Å². The van der Waals surface area contributed by atoms with Crippen LogP contribution in [0.5, 0.6) is 0 Å². The number of aryl methyl sites for hydroxylation is 1. The fourth-order valence-electron chi connectivity index (χ4n) is 3.30. The smallest absolute Gasteiger partial charge is 0.270 e. The van der Waals surface area contributed by atoms with E-state index in [0.717, 1.165) is 28.1 Å². The van der Waals surface area contributed by atoms with Crippen LogP contribution in [-0.2, 0) is 6.42 Å². The molecule has 4 aromatic rings. The third kappa shape index (κ3) is 4.98. The van der Waals surface area contributed by atoms with Gasteiger partial charge in [-0.25, -0.2) is 4.68 Å². The first kappa shape index (κ1) is 21.2. The van der Waals surface area contributed by atoms with Gasteiger partial charge >= 0.3 is 0 Å². The van der Waals surface area contributed by atoms with E-state index in [1.807, 2.05) is 73.7 Å². The lowest BCUT2D eigenvalue weighted by Crippen LogP contribution is -2.27. The van der Waals surface area contributed by atoms with Gasteiger partial charge in [0.1, 0.15) is 5.69 Å². The maximum atomic E-state index is 13.1. The van der Waals surface area contributed by atoms with E-state index in [-0.39, 0.29) is 5.91 Å². The van der Waals surface area contributed by atoms with Gasteiger partial charge in [0.25, 0.3) is 5.91 Å². The zero-order valence-corrected chi connectivity index (χ0v) is 18.5. The van der Waals surface area contributed by atoms with E-state index in [0.29, 0.717) is 28.7 Å². The lowest BCUT2D eigenvalue weighted by atomic mass is 10.1. The average Bonchev–Trinajstić information content (AvgIpc) is 3.22. The van der Waals surface area contributed by atoms with Gasteiger partial charge in [-0.1, -0.05) is 77.3 Å². The first-order valence-corrected chi connectivity index (χ1v) is 10.7. The van der Waals surface area contributed by atoms with Crippen molar-refractivity contribution in [3.63, 3.8) is 0 Å². The Hall–Kier alpha value is -3.08. The molecule has 0 atom stereocenters. The molecule has 1 aromatic heterocycles. The number of nitrogens with one attached hydrogen (secondary N) is 1. The zero-order chi connectivity index (χ0) is 21.8. The Morgan fingerprint density at radius 1 is 0.968 bits per heavy atom. The molecule has 0 saturated carbocycles. The number of benzene rings is 3. The minimum atomic E-state index is -0.194. The minimum Gasteiger partial charge on any atom is -0.350 e. The van der Waals surface area contributed by atoms with Gasteiger partial charge in [0, 0.05) is 22.2 Å². The molecule has 0 saturated heterocycles. The largest absolute Gasteiger partial charge is 0.350 e. The first-order valence-electron chi connectivity index (χ1n) is 9.96. The molecule has 1 amide bonds. The van der Waals surface area contributed by atoms with E-state index in [9.17, 15) is 4.79 Å². The van der Waals surface area contributed by atoms with Crippen LogP contribution in [0.25, 0.3) is 16.9 Å². The predicted octanol–water partition coefficient (Wildman–Crippen LogP) is 6.13. The zero-order valence-electron chi connectivity index (χ0n) is 17.0. The summed E-state index contributed by atoms with van der Waals surface area (Å²) in [7, 11) is 0. The highest BCUT2D eigenvalue weighted by atomic mass is 35.5. The minimum absolute atomic E-state index is 0.194. The van der Waals surface area contributed by atoms with Crippen LogP contribution in [0.4, 0.5) is 0 Å². The molecule has 3 aromatic carbocycles. The maximum absolute atomic E-state index is 13.1. The number of amides is 1. The second-order valence-electron chi connectivity index (χ2n) is 7.27. The van der Waals surface area contributed by atoms with Crippen molar-refractivity contribution in [2.24, 2.45) is 0 Å². The van der Waals surface area contributed by atoms with Crippen LogP contribution in [-0.4, -0.2) is 22.2 Å². The summed E-state index contributed by atoms with van der Waals surface area (Å²) < 4.78 is 1.69. The summed E-state index contributed by atoms with van der Waals surface area (Å²) >= 11 is 12.2. The summed E-state index contributed by atoms with van der Waals surface area (Å²) in [6.45, 7) is 2.47. The van der Waals surface area contributed by atoms with Crippen LogP contribution in [0.2, 0.25) is 10.0 Å². The lowest BCUT2D eigenvalue weighted by Gasteiger charge is -2.09. The molecule has 0 bridgehead atoms. The molecule has 6 heteroatoms. The highest BCUT2D eigenvalue weighted by Gasteiger charge is 2.17. The molecular weight excluding hydrogens is 429 g/mol. The summed E-state index contributed by atoms with van der Waals surface area (Å²) in [5.74, 6) is -0.194. The van der Waals surface area contributed by atoms with Crippen molar-refractivity contribution in [2.45, 2.75) is 13.3 Å². The van der Waals surface area contributed by atoms with Crippen LogP contribution in [0.3, 0.4) is 0 Å². The highest BCUT2D eigenvalue weighted by molar-refractivity contribution is 6.35. The van der Waals surface area contributed by atoms with Crippen LogP contribution in [0.1, 0.15) is 21.6 Å². The number of carbonyl (C=O) groups excluding carboxylic acids is 1. The molecule has 4 nitrogen and oxygen atoms in total. The van der Waals surface area contributed by atoms with E-state index in [1.54, 1.807) is 16.8 Å². The summed E-state index contributed by atoms with van der Waals surface area (Å²) in [6, 6.07) is 24.9. The van der Waals surface area contributed by atoms with E-state index in [1.165, 1.54) is 0 Å². The van der Waals surface area contributed by atoms with Gasteiger partial charge in [-0.15, -0.1) is 0 Å². The second-order valence-corrected chi connectivity index (χ2v) is 8.11. The normalized spacial score (nSPS) is 10.8. The van der Waals surface area contributed by atoms with Crippen molar-refractivity contribution in [1.29, 1.82) is 0 Å². The van der Waals surface area contributed by atoms with Gasteiger partial charge in [0.05, 0.1) is 11.4 Å². The van der Waals surface area contributed by atoms with Gasteiger partial charge in [0.15, 0.2) is 0 Å². The van der Waals surface area contributed by atoms with Gasteiger partial charge < -0.3 is 5.32 Å². The van der Waals surface area contributed by atoms with Crippen molar-refractivity contribution in [1.82, 2.24) is 15.1 Å². The van der Waals surface area contributed by atoms with Crippen LogP contribution >= 0.6 is 23.2 Å². The van der Waals surface area contributed by atoms with Gasteiger partial charge in [0.2, 0.25) is 0 Å². The number of halogens is 2. The van der Waals surface area contributed by atoms with E-state index >= 15 is 0 Å². The average molecular weight is 450 g/mol. The van der Waals surface area contributed by atoms with Crippen LogP contribution in [0.15, 0.2) is 78.9 Å². The molecule has 0 aliphatic rings. The Labute approximate surface area is 191 Å². The number of aromatic nitrogens is 2. The molecule has 0 spiro atoms. The number of nitrogens with zero attached hydrogens (tertiary/aromatic N) is 2. The quantitative estimate of drug-likeness (QED) is 0.384. The van der Waals surface area contributed by atoms with Gasteiger partial charge in [-0.05, 0) is 49.2 Å². The van der Waals surface area contributed by atoms with E-state index in [4.69, 9.17) is 28.3 Å². The molecule has 0 unspecified atom stereocenters. The second kappa shape index (κ2) is 9.38. The van der Waals surface area contributed by atoms with Gasteiger partial charge in [-0.2, -0.15) is 5.10 Å². The molecular formula is C25H21Cl2N3O. The van der Waals surface area contributed by atoms with Crippen LogP contribution in [0, 0.1) is 6.92 Å². The fourth-order valence-corrected chi connectivity index (χ4v) is 3.80. The Kier molecular flexibility index (Phi) is 6.40. The summed E-state index contributed by atoms with van der Waals surface area (Å²) in [6.07, 6.45) is 0.603. The Morgan fingerprint density at radius 3 is 2.42 bits per heavy atom. The monoisotopic (exact) mass is 449 g/mol. The topological polar surface area (TPSA) is 46.9 Å². The molecule has 1 heterocycles. The lowest BCUT2D eigenvalue weighted by molar-refractivity contribution is 0.0946. The Bertz CT molecular complexity index is 1200. The van der Waals surface area contributed by atoms with Crippen molar-refractivity contribution in [2.75, 3.05) is 6.54 Å². The molecule has 4 rings (SSSR count). The Morgan fingerprint density at radius 2 is 1.71 bits per heavy atom. The summed E-state index contributed by atoms with van der Waals surface area (Å²) in [4.78, 5) is 13.1. The molecule has 0 aliphatic heterocycles. The number of hydrogen-bond donors (Lipinski definition) is 1. The third-order valence-corrected chi connectivity index (χ3v) is 5.57. The van der Waals surface area contributed by atoms with Crippen LogP contribution < -0.4 is 5.32 Å². The Balaban J connectivity index is 1.58. The third-order valence-electron chi connectivity index (χ3n) is 4.99.